The van der Waals surface area contributed by atoms with Crippen LogP contribution in [-0.4, -0.2) is 42.4 Å². The number of carbonyl (C=O) groups excluding carboxylic acids is 1. The van der Waals surface area contributed by atoms with Gasteiger partial charge in [0.1, 0.15) is 0 Å². The fourth-order valence-electron chi connectivity index (χ4n) is 4.30. The summed E-state index contributed by atoms with van der Waals surface area (Å²) in [5.41, 5.74) is 3.27. The first kappa shape index (κ1) is 23.3. The Hall–Kier alpha value is -3.45. The van der Waals surface area contributed by atoms with Crippen molar-refractivity contribution < 1.29 is 4.79 Å². The van der Waals surface area contributed by atoms with Crippen LogP contribution in [0.1, 0.15) is 30.9 Å². The molecule has 2 heterocycles. The van der Waals surface area contributed by atoms with Crippen LogP contribution in [0.3, 0.4) is 0 Å². The number of carbonyl (C=O) groups is 1. The van der Waals surface area contributed by atoms with Gasteiger partial charge in [0.15, 0.2) is 11.0 Å². The highest BCUT2D eigenvalue weighted by atomic mass is 32.2. The Kier molecular flexibility index (Phi) is 7.23. The van der Waals surface area contributed by atoms with Crippen molar-refractivity contribution in [3.8, 4) is 11.4 Å². The van der Waals surface area contributed by atoms with Crippen LogP contribution in [-0.2, 0) is 17.9 Å². The average Bonchev–Trinajstić information content (AvgIpc) is 3.69. The lowest BCUT2D eigenvalue weighted by Gasteiger charge is -2.29. The highest BCUT2D eigenvalue weighted by Gasteiger charge is 2.34. The molecular weight excluding hydrogens is 454 g/mol. The summed E-state index contributed by atoms with van der Waals surface area (Å²) in [5, 5.41) is 9.71. The third-order valence-electron chi connectivity index (χ3n) is 6.48. The first-order valence-electron chi connectivity index (χ1n) is 12.0. The molecule has 2 aromatic heterocycles. The molecule has 0 N–H and O–H groups in total. The Labute approximate surface area is 210 Å². The number of aromatic nitrogens is 4. The largest absolute Gasteiger partial charge is 0.335 e. The van der Waals surface area contributed by atoms with Crippen LogP contribution in [0.2, 0.25) is 0 Å². The predicted molar refractivity (Wildman–Crippen MR) is 139 cm³/mol. The average molecular weight is 484 g/mol. The highest BCUT2D eigenvalue weighted by Crippen LogP contribution is 2.36. The van der Waals surface area contributed by atoms with Gasteiger partial charge in [-0.2, -0.15) is 0 Å². The van der Waals surface area contributed by atoms with Crippen molar-refractivity contribution >= 4 is 17.7 Å². The molecule has 0 radical (unpaired) electrons. The van der Waals surface area contributed by atoms with Crippen LogP contribution >= 0.6 is 11.8 Å². The second-order valence-corrected chi connectivity index (χ2v) is 9.93. The van der Waals surface area contributed by atoms with Gasteiger partial charge in [-0.1, -0.05) is 72.4 Å². The number of thioether (sulfide) groups is 1. The van der Waals surface area contributed by atoms with Crippen LogP contribution < -0.4 is 0 Å². The lowest BCUT2D eigenvalue weighted by atomic mass is 10.1. The van der Waals surface area contributed by atoms with Gasteiger partial charge >= 0.3 is 0 Å². The van der Waals surface area contributed by atoms with Crippen molar-refractivity contribution in [2.45, 2.75) is 44.1 Å². The van der Waals surface area contributed by atoms with Gasteiger partial charge in [-0.15, -0.1) is 10.2 Å². The van der Waals surface area contributed by atoms with E-state index in [1.807, 2.05) is 53.4 Å². The summed E-state index contributed by atoms with van der Waals surface area (Å²) < 4.78 is 2.09. The maximum Gasteiger partial charge on any atom is 0.233 e. The number of hydrogen-bond donors (Lipinski definition) is 0. The van der Waals surface area contributed by atoms with Crippen molar-refractivity contribution in [3.63, 3.8) is 0 Å². The molecule has 1 saturated carbocycles. The fourth-order valence-corrected chi connectivity index (χ4v) is 5.12. The summed E-state index contributed by atoms with van der Waals surface area (Å²) in [6.45, 7) is 3.45. The summed E-state index contributed by atoms with van der Waals surface area (Å²) >= 11 is 1.46. The van der Waals surface area contributed by atoms with E-state index in [2.05, 4.69) is 50.9 Å². The van der Waals surface area contributed by atoms with Gasteiger partial charge in [0.05, 0.1) is 12.3 Å². The van der Waals surface area contributed by atoms with E-state index in [9.17, 15) is 4.79 Å². The molecule has 4 aromatic rings. The van der Waals surface area contributed by atoms with Gasteiger partial charge in [-0.3, -0.25) is 14.3 Å². The molecule has 5 rings (SSSR count). The lowest BCUT2D eigenvalue weighted by molar-refractivity contribution is -0.131. The molecule has 1 atom stereocenters. The summed E-state index contributed by atoms with van der Waals surface area (Å²) in [6.07, 6.45) is 5.92. The van der Waals surface area contributed by atoms with Crippen molar-refractivity contribution in [1.29, 1.82) is 0 Å². The van der Waals surface area contributed by atoms with E-state index in [1.54, 1.807) is 12.4 Å². The standard InChI is InChI=1S/C28H29N5OS/c1-21(24-12-13-24)32(18-22-8-4-2-5-9-22)26(34)20-35-28-31-30-27(25-14-16-29-17-15-25)33(28)19-23-10-6-3-7-11-23/h2-11,14-17,21,24H,12-13,18-20H2,1H3. The van der Waals surface area contributed by atoms with Gasteiger partial charge in [-0.05, 0) is 48.9 Å². The van der Waals surface area contributed by atoms with Gasteiger partial charge in [0.2, 0.25) is 5.91 Å². The van der Waals surface area contributed by atoms with Crippen LogP contribution in [0.5, 0.6) is 0 Å². The zero-order valence-corrected chi connectivity index (χ0v) is 20.6. The van der Waals surface area contributed by atoms with E-state index in [0.717, 1.165) is 27.7 Å². The molecule has 35 heavy (non-hydrogen) atoms. The quantitative estimate of drug-likeness (QED) is 0.286. The molecule has 1 aliphatic rings. The number of pyridine rings is 1. The first-order chi connectivity index (χ1) is 17.2. The minimum atomic E-state index is 0.137. The first-order valence-corrected chi connectivity index (χ1v) is 13.0. The molecule has 0 aliphatic heterocycles. The van der Waals surface area contributed by atoms with Gasteiger partial charge in [-0.25, -0.2) is 0 Å². The number of benzene rings is 2. The molecular formula is C28H29N5OS. The molecule has 0 bridgehead atoms. The van der Waals surface area contributed by atoms with E-state index < -0.39 is 0 Å². The Morgan fingerprint density at radius 3 is 2.29 bits per heavy atom. The monoisotopic (exact) mass is 483 g/mol. The maximum absolute atomic E-state index is 13.5. The SMILES string of the molecule is CC(C1CC1)N(Cc1ccccc1)C(=O)CSc1nnc(-c2ccncc2)n1Cc1ccccc1. The van der Waals surface area contributed by atoms with Crippen molar-refractivity contribution in [3.05, 3.63) is 96.3 Å². The minimum absolute atomic E-state index is 0.137. The van der Waals surface area contributed by atoms with E-state index >= 15 is 0 Å². The Morgan fingerprint density at radius 2 is 1.63 bits per heavy atom. The number of hydrogen-bond acceptors (Lipinski definition) is 5. The second kappa shape index (κ2) is 10.9. The zero-order chi connectivity index (χ0) is 24.0. The Bertz CT molecular complexity index is 1240. The van der Waals surface area contributed by atoms with Crippen LogP contribution in [0.4, 0.5) is 0 Å². The molecule has 1 unspecified atom stereocenters. The summed E-state index contributed by atoms with van der Waals surface area (Å²) in [6, 6.07) is 24.6. The molecule has 0 spiro atoms. The zero-order valence-electron chi connectivity index (χ0n) is 19.8. The minimum Gasteiger partial charge on any atom is -0.335 e. The molecule has 7 heteroatoms. The molecule has 0 saturated heterocycles. The molecule has 1 fully saturated rings. The van der Waals surface area contributed by atoms with E-state index in [4.69, 9.17) is 0 Å². The second-order valence-electron chi connectivity index (χ2n) is 8.99. The lowest BCUT2D eigenvalue weighted by Crippen LogP contribution is -2.40. The smallest absolute Gasteiger partial charge is 0.233 e. The highest BCUT2D eigenvalue weighted by molar-refractivity contribution is 7.99. The van der Waals surface area contributed by atoms with Crippen LogP contribution in [0.25, 0.3) is 11.4 Å². The normalized spacial score (nSPS) is 14.0. The predicted octanol–water partition coefficient (Wildman–Crippen LogP) is 5.31. The summed E-state index contributed by atoms with van der Waals surface area (Å²) in [4.78, 5) is 19.7. The molecule has 2 aromatic carbocycles. The molecule has 1 aliphatic carbocycles. The fraction of sp³-hybridized carbons (Fsp3) is 0.286. The van der Waals surface area contributed by atoms with E-state index in [1.165, 1.54) is 24.6 Å². The van der Waals surface area contributed by atoms with Crippen molar-refractivity contribution in [1.82, 2.24) is 24.6 Å². The number of nitrogens with zero attached hydrogens (tertiary/aromatic N) is 5. The van der Waals surface area contributed by atoms with Gasteiger partial charge in [0.25, 0.3) is 0 Å². The summed E-state index contributed by atoms with van der Waals surface area (Å²) in [5.74, 6) is 1.84. The molecule has 178 valence electrons. The Morgan fingerprint density at radius 1 is 0.971 bits per heavy atom. The van der Waals surface area contributed by atoms with Crippen LogP contribution in [0, 0.1) is 5.92 Å². The Balaban J connectivity index is 1.36. The van der Waals surface area contributed by atoms with Crippen molar-refractivity contribution in [2.75, 3.05) is 5.75 Å². The van der Waals surface area contributed by atoms with E-state index in [0.29, 0.717) is 24.8 Å². The van der Waals surface area contributed by atoms with Gasteiger partial charge in [0, 0.05) is 30.5 Å². The third kappa shape index (κ3) is 5.80. The maximum atomic E-state index is 13.5. The van der Waals surface area contributed by atoms with E-state index in [-0.39, 0.29) is 11.9 Å². The topological polar surface area (TPSA) is 63.9 Å². The molecule has 1 amide bonds. The number of amides is 1. The van der Waals surface area contributed by atoms with Gasteiger partial charge < -0.3 is 4.90 Å². The molecule has 6 nitrogen and oxygen atoms in total. The third-order valence-corrected chi connectivity index (χ3v) is 7.43. The van der Waals surface area contributed by atoms with Crippen LogP contribution in [0.15, 0.2) is 90.3 Å². The number of rotatable bonds is 10. The van der Waals surface area contributed by atoms with Crippen molar-refractivity contribution in [2.24, 2.45) is 5.92 Å². The summed E-state index contributed by atoms with van der Waals surface area (Å²) in [7, 11) is 0.